The summed E-state index contributed by atoms with van der Waals surface area (Å²) < 4.78 is 27.4. The van der Waals surface area contributed by atoms with E-state index in [1.807, 2.05) is 24.3 Å². The molecule has 0 radical (unpaired) electrons. The van der Waals surface area contributed by atoms with Gasteiger partial charge >= 0.3 is 0 Å². The van der Waals surface area contributed by atoms with Gasteiger partial charge in [-0.25, -0.2) is 13.1 Å². The minimum Gasteiger partial charge on any atom is -0.349 e. The lowest BCUT2D eigenvalue weighted by molar-refractivity contribution is -0.142. The summed E-state index contributed by atoms with van der Waals surface area (Å²) in [7, 11) is -2.01. The van der Waals surface area contributed by atoms with Gasteiger partial charge in [0.2, 0.25) is 21.7 Å². The van der Waals surface area contributed by atoms with Crippen molar-refractivity contribution >= 4 is 27.6 Å². The Kier molecular flexibility index (Phi) is 5.87. The van der Waals surface area contributed by atoms with E-state index in [-0.39, 0.29) is 23.5 Å². The zero-order chi connectivity index (χ0) is 23.0. The van der Waals surface area contributed by atoms with Crippen molar-refractivity contribution in [1.82, 2.24) is 14.9 Å². The Labute approximate surface area is 187 Å². The first kappa shape index (κ1) is 22.2. The molecule has 2 aliphatic rings. The SMILES string of the molecule is C[C@@H](NC(=O)C1CN(C)C(=O)C1=O)c1cccc(-c2ccc(S(=O)(=O)NC3CC3)cc2)c1. The van der Waals surface area contributed by atoms with Gasteiger partial charge in [0, 0.05) is 19.6 Å². The molecule has 1 saturated carbocycles. The lowest BCUT2D eigenvalue weighted by Gasteiger charge is -2.17. The van der Waals surface area contributed by atoms with Crippen molar-refractivity contribution < 1.29 is 22.8 Å². The number of nitrogens with one attached hydrogen (secondary N) is 2. The number of sulfonamides is 1. The molecule has 1 aliphatic carbocycles. The van der Waals surface area contributed by atoms with E-state index in [1.54, 1.807) is 31.2 Å². The van der Waals surface area contributed by atoms with Gasteiger partial charge < -0.3 is 10.2 Å². The quantitative estimate of drug-likeness (QED) is 0.487. The highest BCUT2D eigenvalue weighted by Crippen LogP contribution is 2.26. The van der Waals surface area contributed by atoms with E-state index in [0.29, 0.717) is 0 Å². The third kappa shape index (κ3) is 4.58. The molecule has 8 nitrogen and oxygen atoms in total. The van der Waals surface area contributed by atoms with E-state index >= 15 is 0 Å². The van der Waals surface area contributed by atoms with Crippen molar-refractivity contribution in [1.29, 1.82) is 0 Å². The Morgan fingerprint density at radius 3 is 2.34 bits per heavy atom. The predicted octanol–water partition coefficient (Wildman–Crippen LogP) is 1.63. The fraction of sp³-hybridized carbons (Fsp3) is 0.348. The second-order valence-electron chi connectivity index (χ2n) is 8.38. The molecule has 1 unspecified atom stereocenters. The van der Waals surface area contributed by atoms with Crippen molar-refractivity contribution in [3.05, 3.63) is 54.1 Å². The van der Waals surface area contributed by atoms with Crippen LogP contribution >= 0.6 is 0 Å². The number of nitrogens with zero attached hydrogens (tertiary/aromatic N) is 1. The Morgan fingerprint density at radius 1 is 1.06 bits per heavy atom. The van der Waals surface area contributed by atoms with Crippen molar-refractivity contribution in [2.45, 2.75) is 36.7 Å². The van der Waals surface area contributed by atoms with Crippen LogP contribution in [-0.2, 0) is 24.4 Å². The van der Waals surface area contributed by atoms with Gasteiger partial charge in [-0.3, -0.25) is 14.4 Å². The summed E-state index contributed by atoms with van der Waals surface area (Å²) in [6.45, 7) is 1.89. The standard InChI is InChI=1S/C23H25N3O5S/c1-14(24-22(28)20-13-26(2)23(29)21(20)27)16-4-3-5-17(12-16)15-6-10-19(11-7-15)32(30,31)25-18-8-9-18/h3-7,10-12,14,18,20,25H,8-9,13H2,1-2H3,(H,24,28)/t14-,20?/m1/s1. The van der Waals surface area contributed by atoms with Crippen LogP contribution in [0.25, 0.3) is 11.1 Å². The van der Waals surface area contributed by atoms with Crippen LogP contribution in [0, 0.1) is 5.92 Å². The average molecular weight is 456 g/mol. The maximum Gasteiger partial charge on any atom is 0.290 e. The second-order valence-corrected chi connectivity index (χ2v) is 10.1. The van der Waals surface area contributed by atoms with Crippen LogP contribution in [0.2, 0.25) is 0 Å². The van der Waals surface area contributed by atoms with Gasteiger partial charge in [-0.15, -0.1) is 0 Å². The Bertz CT molecular complexity index is 1170. The molecule has 1 heterocycles. The van der Waals surface area contributed by atoms with Gasteiger partial charge in [-0.2, -0.15) is 0 Å². The number of carbonyl (C=O) groups excluding carboxylic acids is 3. The molecular formula is C23H25N3O5S. The Hall–Kier alpha value is -3.04. The maximum atomic E-state index is 12.5. The van der Waals surface area contributed by atoms with Crippen LogP contribution in [0.4, 0.5) is 0 Å². The van der Waals surface area contributed by atoms with Gasteiger partial charge in [0.1, 0.15) is 5.92 Å². The third-order valence-electron chi connectivity index (χ3n) is 5.79. The summed E-state index contributed by atoms with van der Waals surface area (Å²) >= 11 is 0. The predicted molar refractivity (Wildman–Crippen MR) is 118 cm³/mol. The monoisotopic (exact) mass is 455 g/mol. The summed E-state index contributed by atoms with van der Waals surface area (Å²) in [6.07, 6.45) is 1.75. The van der Waals surface area contributed by atoms with Crippen LogP contribution in [0.15, 0.2) is 53.4 Å². The molecule has 1 aliphatic heterocycles. The van der Waals surface area contributed by atoms with Crippen molar-refractivity contribution in [2.75, 3.05) is 13.6 Å². The molecule has 2 fully saturated rings. The van der Waals surface area contributed by atoms with E-state index in [1.165, 1.54) is 11.9 Å². The summed E-state index contributed by atoms with van der Waals surface area (Å²) in [6, 6.07) is 13.9. The largest absolute Gasteiger partial charge is 0.349 e. The lowest BCUT2D eigenvalue weighted by Crippen LogP contribution is -2.37. The second kappa shape index (κ2) is 8.48. The zero-order valence-corrected chi connectivity index (χ0v) is 18.7. The van der Waals surface area contributed by atoms with E-state index in [9.17, 15) is 22.8 Å². The van der Waals surface area contributed by atoms with E-state index < -0.39 is 33.5 Å². The summed E-state index contributed by atoms with van der Waals surface area (Å²) in [5, 5.41) is 2.82. The van der Waals surface area contributed by atoms with Crippen LogP contribution in [0.1, 0.15) is 31.4 Å². The van der Waals surface area contributed by atoms with Crippen molar-refractivity contribution in [3.63, 3.8) is 0 Å². The van der Waals surface area contributed by atoms with Crippen molar-refractivity contribution in [3.8, 4) is 11.1 Å². The number of likely N-dealkylation sites (tertiary alicyclic amines) is 1. The number of benzene rings is 2. The van der Waals surface area contributed by atoms with Gasteiger partial charge in [0.05, 0.1) is 10.9 Å². The molecule has 0 spiro atoms. The first-order chi connectivity index (χ1) is 15.2. The van der Waals surface area contributed by atoms with Gasteiger partial charge in [0.15, 0.2) is 0 Å². The molecule has 2 aromatic rings. The normalized spacial score (nSPS) is 19.8. The van der Waals surface area contributed by atoms with E-state index in [2.05, 4.69) is 10.0 Å². The average Bonchev–Trinajstić information content (AvgIpc) is 3.55. The first-order valence-corrected chi connectivity index (χ1v) is 12.0. The fourth-order valence-electron chi connectivity index (χ4n) is 3.68. The van der Waals surface area contributed by atoms with E-state index in [4.69, 9.17) is 0 Å². The molecule has 2 N–H and O–H groups in total. The molecule has 9 heteroatoms. The Balaban J connectivity index is 1.46. The minimum absolute atomic E-state index is 0.0473. The third-order valence-corrected chi connectivity index (χ3v) is 7.33. The summed E-state index contributed by atoms with van der Waals surface area (Å²) in [5.74, 6) is -2.78. The number of likely N-dealkylation sites (N-methyl/N-ethyl adjacent to an activating group) is 1. The summed E-state index contributed by atoms with van der Waals surface area (Å²) in [4.78, 5) is 37.7. The smallest absolute Gasteiger partial charge is 0.290 e. The molecule has 168 valence electrons. The van der Waals surface area contributed by atoms with Crippen LogP contribution in [0.5, 0.6) is 0 Å². The van der Waals surface area contributed by atoms with E-state index in [0.717, 1.165) is 29.5 Å². The molecule has 2 aromatic carbocycles. The summed E-state index contributed by atoms with van der Waals surface area (Å²) in [5.41, 5.74) is 2.54. The molecule has 2 atom stereocenters. The number of amides is 2. The van der Waals surface area contributed by atoms with Gasteiger partial charge in [0.25, 0.3) is 5.91 Å². The highest BCUT2D eigenvalue weighted by molar-refractivity contribution is 7.89. The highest BCUT2D eigenvalue weighted by atomic mass is 32.2. The van der Waals surface area contributed by atoms with Gasteiger partial charge in [-0.05, 0) is 54.7 Å². The molecule has 0 aromatic heterocycles. The molecule has 1 saturated heterocycles. The van der Waals surface area contributed by atoms with Gasteiger partial charge in [-0.1, -0.05) is 30.3 Å². The first-order valence-electron chi connectivity index (χ1n) is 10.5. The fourth-order valence-corrected chi connectivity index (χ4v) is 4.98. The topological polar surface area (TPSA) is 113 Å². The molecule has 2 amide bonds. The highest BCUT2D eigenvalue weighted by Gasteiger charge is 2.41. The van der Waals surface area contributed by atoms with Crippen LogP contribution in [-0.4, -0.2) is 50.5 Å². The number of ketones is 1. The number of hydrogen-bond donors (Lipinski definition) is 2. The van der Waals surface area contributed by atoms with Crippen molar-refractivity contribution in [2.24, 2.45) is 5.92 Å². The lowest BCUT2D eigenvalue weighted by atomic mass is 9.99. The molecule has 32 heavy (non-hydrogen) atoms. The maximum absolute atomic E-state index is 12.5. The Morgan fingerprint density at radius 2 is 1.75 bits per heavy atom. The number of Topliss-reactive ketones (excluding diaryl/α,β-unsaturated/α-hetero) is 1. The molecule has 4 rings (SSSR count). The number of hydrogen-bond acceptors (Lipinski definition) is 5. The van der Waals surface area contributed by atoms with Crippen LogP contribution < -0.4 is 10.0 Å². The minimum atomic E-state index is -3.50. The number of carbonyl (C=O) groups is 3. The van der Waals surface area contributed by atoms with Crippen LogP contribution in [0.3, 0.4) is 0 Å². The zero-order valence-electron chi connectivity index (χ0n) is 17.9. The molecular weight excluding hydrogens is 430 g/mol. The number of rotatable bonds is 7. The molecule has 0 bridgehead atoms.